The summed E-state index contributed by atoms with van der Waals surface area (Å²) in [5.74, 6) is -2.18. The Kier molecular flexibility index (Phi) is 9.34. The number of para-hydroxylation sites is 1. The molecule has 0 radical (unpaired) electrons. The lowest BCUT2D eigenvalue weighted by Crippen LogP contribution is -2.48. The van der Waals surface area contributed by atoms with Crippen LogP contribution >= 0.6 is 0 Å². The zero-order valence-electron chi connectivity index (χ0n) is 23.3. The van der Waals surface area contributed by atoms with Crippen molar-refractivity contribution in [2.75, 3.05) is 5.32 Å². The molecule has 0 saturated heterocycles. The van der Waals surface area contributed by atoms with Crippen LogP contribution in [0.5, 0.6) is 0 Å². The van der Waals surface area contributed by atoms with Gasteiger partial charge in [-0.2, -0.15) is 0 Å². The number of nitrogens with one attached hydrogen (secondary N) is 3. The van der Waals surface area contributed by atoms with E-state index in [1.165, 1.54) is 18.2 Å². The van der Waals surface area contributed by atoms with Crippen LogP contribution in [0.1, 0.15) is 48.4 Å². The Balaban J connectivity index is 1.21. The van der Waals surface area contributed by atoms with Crippen molar-refractivity contribution in [3.63, 3.8) is 0 Å². The summed E-state index contributed by atoms with van der Waals surface area (Å²) in [5.41, 5.74) is 3.31. The third-order valence-corrected chi connectivity index (χ3v) is 7.55. The Bertz CT molecular complexity index is 1560. The van der Waals surface area contributed by atoms with Gasteiger partial charge >= 0.3 is 0 Å². The number of carbonyl (C=O) groups is 1. The molecule has 0 spiro atoms. The van der Waals surface area contributed by atoms with Crippen LogP contribution in [-0.2, 0) is 30.7 Å². The zero-order chi connectivity index (χ0) is 29.6. The molecule has 42 heavy (non-hydrogen) atoms. The molecule has 1 amide bonds. The van der Waals surface area contributed by atoms with E-state index in [0.717, 1.165) is 29.8 Å². The quantitative estimate of drug-likeness (QED) is 0.192. The van der Waals surface area contributed by atoms with Crippen molar-refractivity contribution in [2.24, 2.45) is 0 Å². The largest absolute Gasteiger partial charge is 0.308 e. The molecule has 1 aromatic heterocycles. The molecule has 6 nitrogen and oxygen atoms in total. The van der Waals surface area contributed by atoms with Crippen molar-refractivity contribution < 1.29 is 22.4 Å². The SMILES string of the molecule is CCC[C@@H](N[C@H]1CCc2cc(F)cc(F)c2C1)C(=O)Nc1cn(-c2ccccc2CNCc2ccc(F)cc2F)cn1. The Morgan fingerprint density at radius 1 is 1.00 bits per heavy atom. The lowest BCUT2D eigenvalue weighted by Gasteiger charge is -2.29. The van der Waals surface area contributed by atoms with E-state index in [4.69, 9.17) is 0 Å². The van der Waals surface area contributed by atoms with Gasteiger partial charge < -0.3 is 20.5 Å². The third-order valence-electron chi connectivity index (χ3n) is 7.55. The lowest BCUT2D eigenvalue weighted by atomic mass is 9.87. The van der Waals surface area contributed by atoms with Crippen molar-refractivity contribution in [3.05, 3.63) is 113 Å². The molecule has 0 aliphatic heterocycles. The number of carbonyl (C=O) groups excluding carboxylic acids is 1. The normalized spacial score (nSPS) is 15.3. The van der Waals surface area contributed by atoms with Gasteiger partial charge in [0.25, 0.3) is 0 Å². The molecule has 220 valence electrons. The molecule has 2 atom stereocenters. The van der Waals surface area contributed by atoms with E-state index in [0.29, 0.717) is 54.7 Å². The average Bonchev–Trinajstić information content (AvgIpc) is 3.42. The minimum Gasteiger partial charge on any atom is -0.308 e. The number of fused-ring (bicyclic) bond motifs is 1. The molecular weight excluding hydrogens is 546 g/mol. The second-order valence-electron chi connectivity index (χ2n) is 10.6. The number of rotatable bonds is 11. The molecule has 0 bridgehead atoms. The van der Waals surface area contributed by atoms with E-state index in [1.807, 2.05) is 31.2 Å². The average molecular weight is 580 g/mol. The van der Waals surface area contributed by atoms with E-state index < -0.39 is 29.3 Å². The third kappa shape index (κ3) is 7.06. The van der Waals surface area contributed by atoms with E-state index in [2.05, 4.69) is 20.9 Å². The van der Waals surface area contributed by atoms with Crippen molar-refractivity contribution in [1.29, 1.82) is 0 Å². The van der Waals surface area contributed by atoms with Gasteiger partial charge in [0, 0.05) is 36.8 Å². The summed E-state index contributed by atoms with van der Waals surface area (Å²) in [6.45, 7) is 2.64. The first-order valence-corrected chi connectivity index (χ1v) is 14.1. The van der Waals surface area contributed by atoms with Crippen molar-refractivity contribution >= 4 is 11.7 Å². The predicted octanol–water partition coefficient (Wildman–Crippen LogP) is 5.97. The number of imidazole rings is 1. The molecule has 4 aromatic rings. The van der Waals surface area contributed by atoms with Gasteiger partial charge in [-0.1, -0.05) is 37.6 Å². The summed E-state index contributed by atoms with van der Waals surface area (Å²) in [7, 11) is 0. The van der Waals surface area contributed by atoms with E-state index in [1.54, 1.807) is 17.1 Å². The molecule has 10 heteroatoms. The number of aromatic nitrogens is 2. The fourth-order valence-corrected chi connectivity index (χ4v) is 5.43. The highest BCUT2D eigenvalue weighted by Gasteiger charge is 2.27. The molecule has 0 unspecified atom stereocenters. The van der Waals surface area contributed by atoms with Crippen LogP contribution in [0.25, 0.3) is 5.69 Å². The Morgan fingerprint density at radius 2 is 1.79 bits per heavy atom. The minimum absolute atomic E-state index is 0.111. The van der Waals surface area contributed by atoms with E-state index in [9.17, 15) is 22.4 Å². The number of nitrogens with zero attached hydrogens (tertiary/aromatic N) is 2. The molecule has 5 rings (SSSR count). The van der Waals surface area contributed by atoms with Crippen molar-refractivity contribution in [3.8, 4) is 5.69 Å². The number of amides is 1. The molecule has 1 aliphatic carbocycles. The van der Waals surface area contributed by atoms with E-state index in [-0.39, 0.29) is 18.5 Å². The van der Waals surface area contributed by atoms with Crippen LogP contribution in [0.15, 0.2) is 67.1 Å². The first kappa shape index (κ1) is 29.5. The number of hydrogen-bond acceptors (Lipinski definition) is 4. The molecular formula is C32H33F4N5O. The summed E-state index contributed by atoms with van der Waals surface area (Å²) >= 11 is 0. The fraction of sp³-hybridized carbons (Fsp3) is 0.312. The molecule has 1 aliphatic rings. The van der Waals surface area contributed by atoms with Gasteiger partial charge in [-0.3, -0.25) is 4.79 Å². The van der Waals surface area contributed by atoms with Crippen molar-refractivity contribution in [2.45, 2.75) is 64.2 Å². The monoisotopic (exact) mass is 579 g/mol. The first-order valence-electron chi connectivity index (χ1n) is 14.1. The maximum absolute atomic E-state index is 14.4. The lowest BCUT2D eigenvalue weighted by molar-refractivity contribution is -0.118. The fourth-order valence-electron chi connectivity index (χ4n) is 5.43. The van der Waals surface area contributed by atoms with Gasteiger partial charge in [0.05, 0.1) is 17.9 Å². The highest BCUT2D eigenvalue weighted by atomic mass is 19.1. The van der Waals surface area contributed by atoms with Crippen LogP contribution in [0, 0.1) is 23.3 Å². The predicted molar refractivity (Wildman–Crippen MR) is 153 cm³/mol. The summed E-state index contributed by atoms with van der Waals surface area (Å²) in [6, 6.07) is 12.8. The first-order chi connectivity index (χ1) is 20.3. The van der Waals surface area contributed by atoms with Crippen LogP contribution in [0.3, 0.4) is 0 Å². The van der Waals surface area contributed by atoms with Gasteiger partial charge in [0.2, 0.25) is 5.91 Å². The Morgan fingerprint density at radius 3 is 2.60 bits per heavy atom. The minimum atomic E-state index is -0.616. The highest BCUT2D eigenvalue weighted by molar-refractivity contribution is 5.94. The topological polar surface area (TPSA) is 71.0 Å². The van der Waals surface area contributed by atoms with Gasteiger partial charge in [-0.05, 0) is 60.6 Å². The van der Waals surface area contributed by atoms with Crippen LogP contribution < -0.4 is 16.0 Å². The molecule has 0 fully saturated rings. The van der Waals surface area contributed by atoms with Gasteiger partial charge in [0.15, 0.2) is 5.82 Å². The number of benzene rings is 3. The number of anilines is 1. The Labute approximate surface area is 242 Å². The molecule has 3 N–H and O–H groups in total. The molecule has 0 saturated carbocycles. The maximum Gasteiger partial charge on any atom is 0.242 e. The van der Waals surface area contributed by atoms with E-state index >= 15 is 0 Å². The Hall–Kier alpha value is -4.02. The van der Waals surface area contributed by atoms with Crippen molar-refractivity contribution in [1.82, 2.24) is 20.2 Å². The summed E-state index contributed by atoms with van der Waals surface area (Å²) < 4.78 is 57.0. The second kappa shape index (κ2) is 13.3. The van der Waals surface area contributed by atoms with Crippen LogP contribution in [-0.4, -0.2) is 27.5 Å². The summed E-state index contributed by atoms with van der Waals surface area (Å²) in [6.07, 6.45) is 6.30. The number of halogens is 4. The molecule has 1 heterocycles. The second-order valence-corrected chi connectivity index (χ2v) is 10.6. The van der Waals surface area contributed by atoms with Gasteiger partial charge in [-0.25, -0.2) is 22.5 Å². The maximum atomic E-state index is 14.4. The highest BCUT2D eigenvalue weighted by Crippen LogP contribution is 2.26. The molecule has 3 aromatic carbocycles. The summed E-state index contributed by atoms with van der Waals surface area (Å²) in [4.78, 5) is 17.6. The number of aryl methyl sites for hydroxylation is 1. The summed E-state index contributed by atoms with van der Waals surface area (Å²) in [5, 5.41) is 9.47. The number of hydrogen-bond donors (Lipinski definition) is 3. The smallest absolute Gasteiger partial charge is 0.242 e. The van der Waals surface area contributed by atoms with Crippen LogP contribution in [0.4, 0.5) is 23.4 Å². The zero-order valence-corrected chi connectivity index (χ0v) is 23.3. The van der Waals surface area contributed by atoms with Gasteiger partial charge in [0.1, 0.15) is 29.6 Å². The van der Waals surface area contributed by atoms with Gasteiger partial charge in [-0.15, -0.1) is 0 Å². The van der Waals surface area contributed by atoms with Crippen LogP contribution in [0.2, 0.25) is 0 Å². The standard InChI is InChI=1S/C32H33F4N5O/c1-2-5-29(39-25-11-9-20-12-24(34)14-28(36)26(20)15-25)32(42)40-31-18-41(19-38-31)30-7-4-3-6-22(30)17-37-16-21-8-10-23(33)13-27(21)35/h3-4,6-8,10,12-14,18-19,25,29,37,39H,2,5,9,11,15-17H2,1H3,(H,40,42)/t25-,29+/m0/s1.